The van der Waals surface area contributed by atoms with Crippen LogP contribution in [0, 0.1) is 0 Å². The van der Waals surface area contributed by atoms with Crippen molar-refractivity contribution in [1.29, 1.82) is 0 Å². The van der Waals surface area contributed by atoms with Crippen LogP contribution in [0.5, 0.6) is 5.75 Å². The summed E-state index contributed by atoms with van der Waals surface area (Å²) in [5.74, 6) is 0.673. The Morgan fingerprint density at radius 1 is 1.25 bits per heavy atom. The Morgan fingerprint density at radius 3 is 2.60 bits per heavy atom. The van der Waals surface area contributed by atoms with E-state index in [4.69, 9.17) is 16.3 Å². The Bertz CT molecular complexity index is 778. The molecule has 104 valence electrons. The van der Waals surface area contributed by atoms with Gasteiger partial charge in [-0.3, -0.25) is 0 Å². The zero-order valence-corrected chi connectivity index (χ0v) is 12.8. The van der Waals surface area contributed by atoms with Crippen molar-refractivity contribution in [2.45, 2.75) is 4.21 Å². The lowest BCUT2D eigenvalue weighted by Crippen LogP contribution is -2.27. The molecule has 0 fully saturated rings. The lowest BCUT2D eigenvalue weighted by Gasteiger charge is -2.23. The molecule has 4 nitrogen and oxygen atoms in total. The second kappa shape index (κ2) is 4.80. The standard InChI is InChI=1S/C13H10ClNO3S2/c1-18-11-4-2-10(3-5-11)15-7-6-9-8-12(14)19-13(9)20(15,16)17/h2-8H,1H3. The molecule has 0 saturated heterocycles. The summed E-state index contributed by atoms with van der Waals surface area (Å²) in [6, 6.07) is 8.48. The maximum absolute atomic E-state index is 12.6. The minimum Gasteiger partial charge on any atom is -0.497 e. The molecule has 0 atom stereocenters. The number of hydrogen-bond donors (Lipinski definition) is 0. The molecule has 1 aliphatic heterocycles. The first kappa shape index (κ1) is 13.5. The van der Waals surface area contributed by atoms with E-state index in [0.29, 0.717) is 21.3 Å². The number of hydrogen-bond acceptors (Lipinski definition) is 4. The van der Waals surface area contributed by atoms with Crippen molar-refractivity contribution in [3.63, 3.8) is 0 Å². The summed E-state index contributed by atoms with van der Waals surface area (Å²) in [6.07, 6.45) is 3.27. The number of benzene rings is 1. The molecule has 3 rings (SSSR count). The fourth-order valence-corrected chi connectivity index (χ4v) is 5.20. The fraction of sp³-hybridized carbons (Fsp3) is 0.0769. The summed E-state index contributed by atoms with van der Waals surface area (Å²) in [4.78, 5) is 0. The molecular weight excluding hydrogens is 318 g/mol. The number of sulfonamides is 1. The third-order valence-corrected chi connectivity index (χ3v) is 6.42. The summed E-state index contributed by atoms with van der Waals surface area (Å²) in [6.45, 7) is 0. The van der Waals surface area contributed by atoms with Crippen LogP contribution >= 0.6 is 22.9 Å². The number of halogens is 1. The quantitative estimate of drug-likeness (QED) is 0.846. The SMILES string of the molecule is COc1ccc(N2C=Cc3cc(Cl)sc3S2(=O)=O)cc1. The van der Waals surface area contributed by atoms with E-state index in [0.717, 1.165) is 11.3 Å². The van der Waals surface area contributed by atoms with E-state index in [9.17, 15) is 8.42 Å². The van der Waals surface area contributed by atoms with E-state index in [1.807, 2.05) is 0 Å². The number of nitrogens with zero attached hydrogens (tertiary/aromatic N) is 1. The van der Waals surface area contributed by atoms with Gasteiger partial charge >= 0.3 is 0 Å². The van der Waals surface area contributed by atoms with Gasteiger partial charge in [-0.05, 0) is 36.4 Å². The van der Waals surface area contributed by atoms with Crippen molar-refractivity contribution in [1.82, 2.24) is 0 Å². The molecule has 0 saturated carbocycles. The molecule has 0 bridgehead atoms. The van der Waals surface area contributed by atoms with E-state index in [-0.39, 0.29) is 4.21 Å². The molecule has 0 amide bonds. The number of methoxy groups -OCH3 is 1. The van der Waals surface area contributed by atoms with E-state index in [2.05, 4.69) is 0 Å². The van der Waals surface area contributed by atoms with Gasteiger partial charge in [0, 0.05) is 11.8 Å². The average Bonchev–Trinajstić information content (AvgIpc) is 2.81. The third-order valence-electron chi connectivity index (χ3n) is 2.90. The number of rotatable bonds is 2. The highest BCUT2D eigenvalue weighted by Crippen LogP contribution is 2.38. The highest BCUT2D eigenvalue weighted by Gasteiger charge is 2.30. The molecule has 1 aromatic heterocycles. The molecule has 1 aromatic carbocycles. The van der Waals surface area contributed by atoms with Crippen LogP contribution < -0.4 is 9.04 Å². The van der Waals surface area contributed by atoms with Crippen LogP contribution in [0.15, 0.2) is 40.7 Å². The predicted octanol–water partition coefficient (Wildman–Crippen LogP) is 3.59. The maximum atomic E-state index is 12.6. The molecule has 0 unspecified atom stereocenters. The van der Waals surface area contributed by atoms with E-state index < -0.39 is 10.0 Å². The normalized spacial score (nSPS) is 16.0. The first-order chi connectivity index (χ1) is 9.52. The van der Waals surface area contributed by atoms with Gasteiger partial charge in [-0.2, -0.15) is 8.42 Å². The van der Waals surface area contributed by atoms with Gasteiger partial charge in [-0.15, -0.1) is 11.3 Å². The van der Waals surface area contributed by atoms with Crippen LogP contribution in [-0.4, -0.2) is 15.5 Å². The first-order valence-corrected chi connectivity index (χ1v) is 8.32. The summed E-state index contributed by atoms with van der Waals surface area (Å²) in [7, 11) is -2.03. The minimum absolute atomic E-state index is 0.265. The Balaban J connectivity index is 2.07. The van der Waals surface area contributed by atoms with Gasteiger partial charge in [0.05, 0.1) is 17.1 Å². The molecule has 0 N–H and O–H groups in total. The molecule has 7 heteroatoms. The van der Waals surface area contributed by atoms with Gasteiger partial charge in [0.15, 0.2) is 0 Å². The molecule has 2 heterocycles. The van der Waals surface area contributed by atoms with Gasteiger partial charge < -0.3 is 4.74 Å². The Morgan fingerprint density at radius 2 is 1.95 bits per heavy atom. The van der Waals surface area contributed by atoms with Crippen molar-refractivity contribution in [3.8, 4) is 5.75 Å². The highest BCUT2D eigenvalue weighted by atomic mass is 35.5. The van der Waals surface area contributed by atoms with Gasteiger partial charge in [-0.1, -0.05) is 11.6 Å². The monoisotopic (exact) mass is 327 g/mol. The van der Waals surface area contributed by atoms with Crippen LogP contribution in [0.4, 0.5) is 5.69 Å². The molecule has 0 radical (unpaired) electrons. The lowest BCUT2D eigenvalue weighted by atomic mass is 10.3. The molecule has 2 aromatic rings. The van der Waals surface area contributed by atoms with Crippen molar-refractivity contribution >= 4 is 44.7 Å². The van der Waals surface area contributed by atoms with Gasteiger partial charge in [-0.25, -0.2) is 4.31 Å². The molecule has 1 aliphatic rings. The average molecular weight is 328 g/mol. The summed E-state index contributed by atoms with van der Waals surface area (Å²) < 4.78 is 32.2. The van der Waals surface area contributed by atoms with Crippen molar-refractivity contribution < 1.29 is 13.2 Å². The van der Waals surface area contributed by atoms with E-state index in [1.54, 1.807) is 43.5 Å². The van der Waals surface area contributed by atoms with E-state index >= 15 is 0 Å². The zero-order valence-electron chi connectivity index (χ0n) is 10.4. The maximum Gasteiger partial charge on any atom is 0.278 e. The van der Waals surface area contributed by atoms with Crippen LogP contribution in [0.3, 0.4) is 0 Å². The number of ether oxygens (including phenoxy) is 1. The van der Waals surface area contributed by atoms with Gasteiger partial charge in [0.25, 0.3) is 10.0 Å². The second-order valence-electron chi connectivity index (χ2n) is 4.11. The first-order valence-electron chi connectivity index (χ1n) is 5.68. The van der Waals surface area contributed by atoms with Gasteiger partial charge in [0.2, 0.25) is 0 Å². The summed E-state index contributed by atoms with van der Waals surface area (Å²) in [5, 5.41) is 0. The van der Waals surface area contributed by atoms with Crippen LogP contribution in [0.25, 0.3) is 6.08 Å². The third kappa shape index (κ3) is 2.09. The Labute approximate surface area is 125 Å². The van der Waals surface area contributed by atoms with Crippen molar-refractivity contribution in [2.75, 3.05) is 11.4 Å². The molecule has 0 spiro atoms. The van der Waals surface area contributed by atoms with Crippen LogP contribution in [0.2, 0.25) is 4.34 Å². The van der Waals surface area contributed by atoms with Crippen molar-refractivity contribution in [3.05, 3.63) is 46.4 Å². The van der Waals surface area contributed by atoms with Crippen LogP contribution in [0.1, 0.15) is 5.56 Å². The fourth-order valence-electron chi connectivity index (χ4n) is 1.95. The second-order valence-corrected chi connectivity index (χ2v) is 7.80. The number of fused-ring (bicyclic) bond motifs is 1. The largest absolute Gasteiger partial charge is 0.497 e. The molecular formula is C13H10ClNO3S2. The zero-order chi connectivity index (χ0) is 14.3. The Hall–Kier alpha value is -1.50. The Kier molecular flexibility index (Phi) is 3.24. The summed E-state index contributed by atoms with van der Waals surface area (Å²) >= 11 is 6.96. The molecule has 20 heavy (non-hydrogen) atoms. The van der Waals surface area contributed by atoms with Crippen molar-refractivity contribution in [2.24, 2.45) is 0 Å². The highest BCUT2D eigenvalue weighted by molar-refractivity contribution is 7.95. The number of anilines is 1. The smallest absolute Gasteiger partial charge is 0.278 e. The summed E-state index contributed by atoms with van der Waals surface area (Å²) in [5.41, 5.74) is 1.18. The van der Waals surface area contributed by atoms with Crippen LogP contribution in [-0.2, 0) is 10.0 Å². The molecule has 0 aliphatic carbocycles. The predicted molar refractivity (Wildman–Crippen MR) is 81.0 cm³/mol. The van der Waals surface area contributed by atoms with E-state index in [1.165, 1.54) is 10.5 Å². The topological polar surface area (TPSA) is 46.6 Å². The minimum atomic E-state index is -3.59. The number of thiophene rings is 1. The lowest BCUT2D eigenvalue weighted by molar-refractivity contribution is 0.415. The van der Waals surface area contributed by atoms with Gasteiger partial charge in [0.1, 0.15) is 9.96 Å².